The lowest BCUT2D eigenvalue weighted by Gasteiger charge is -2.11. The maximum Gasteiger partial charge on any atom is 0.242 e. The van der Waals surface area contributed by atoms with Crippen molar-refractivity contribution >= 4 is 15.7 Å². The molecule has 5 heteroatoms. The summed E-state index contributed by atoms with van der Waals surface area (Å²) in [6.45, 7) is 0.580. The Hall–Kier alpha value is -1.85. The summed E-state index contributed by atoms with van der Waals surface area (Å²) in [5.74, 6) is 0. The Morgan fingerprint density at radius 2 is 1.58 bits per heavy atom. The van der Waals surface area contributed by atoms with Crippen molar-refractivity contribution in [3.8, 4) is 0 Å². The van der Waals surface area contributed by atoms with Crippen LogP contribution in [0.3, 0.4) is 0 Å². The summed E-state index contributed by atoms with van der Waals surface area (Å²) in [4.78, 5) is 0.258. The first kappa shape index (κ1) is 13.6. The van der Waals surface area contributed by atoms with Crippen molar-refractivity contribution in [1.29, 1.82) is 0 Å². The molecule has 0 aromatic heterocycles. The second-order valence-corrected chi connectivity index (χ2v) is 5.90. The summed E-state index contributed by atoms with van der Waals surface area (Å²) < 4.78 is 26.1. The molecule has 0 fully saturated rings. The number of rotatable bonds is 5. The van der Waals surface area contributed by atoms with E-state index in [1.807, 2.05) is 36.4 Å². The van der Waals surface area contributed by atoms with Crippen LogP contribution in [0.4, 0.5) is 5.69 Å². The van der Waals surface area contributed by atoms with E-state index in [-0.39, 0.29) is 4.90 Å². The quantitative estimate of drug-likeness (QED) is 0.880. The molecule has 0 saturated carbocycles. The zero-order valence-corrected chi connectivity index (χ0v) is 11.4. The van der Waals surface area contributed by atoms with Gasteiger partial charge in [-0.25, -0.2) is 13.1 Å². The third-order valence-corrected chi connectivity index (χ3v) is 4.24. The molecule has 100 valence electrons. The minimum absolute atomic E-state index is 0.258. The summed E-state index contributed by atoms with van der Waals surface area (Å²) in [7, 11) is -2.04. The monoisotopic (exact) mass is 276 g/mol. The van der Waals surface area contributed by atoms with Gasteiger partial charge in [-0.15, -0.1) is 0 Å². The third kappa shape index (κ3) is 3.33. The molecule has 0 unspecified atom stereocenters. The Balaban J connectivity index is 2.22. The highest BCUT2D eigenvalue weighted by atomic mass is 32.2. The minimum atomic E-state index is -3.45. The molecule has 4 nitrogen and oxygen atoms in total. The second kappa shape index (κ2) is 5.86. The highest BCUT2D eigenvalue weighted by Gasteiger charge is 2.15. The molecule has 0 saturated heterocycles. The van der Waals surface area contributed by atoms with Gasteiger partial charge in [-0.05, 0) is 24.7 Å². The van der Waals surface area contributed by atoms with Gasteiger partial charge in [0.1, 0.15) is 4.90 Å². The first-order valence-electron chi connectivity index (χ1n) is 5.94. The third-order valence-electron chi connectivity index (χ3n) is 2.77. The molecule has 0 aliphatic rings. The molecule has 0 heterocycles. The van der Waals surface area contributed by atoms with E-state index < -0.39 is 10.0 Å². The zero-order valence-electron chi connectivity index (χ0n) is 10.6. The van der Waals surface area contributed by atoms with Crippen molar-refractivity contribution in [3.05, 3.63) is 60.2 Å². The Bertz CT molecular complexity index is 640. The van der Waals surface area contributed by atoms with Crippen LogP contribution in [0.2, 0.25) is 0 Å². The lowest BCUT2D eigenvalue weighted by atomic mass is 10.2. The number of anilines is 1. The van der Waals surface area contributed by atoms with E-state index >= 15 is 0 Å². The molecule has 0 radical (unpaired) electrons. The van der Waals surface area contributed by atoms with Gasteiger partial charge in [-0.3, -0.25) is 0 Å². The van der Waals surface area contributed by atoms with Crippen LogP contribution in [0.5, 0.6) is 0 Å². The Morgan fingerprint density at radius 3 is 2.26 bits per heavy atom. The van der Waals surface area contributed by atoms with E-state index in [0.717, 1.165) is 5.56 Å². The molecule has 2 N–H and O–H groups in total. The summed E-state index contributed by atoms with van der Waals surface area (Å²) >= 11 is 0. The van der Waals surface area contributed by atoms with Crippen LogP contribution in [-0.4, -0.2) is 15.5 Å². The van der Waals surface area contributed by atoms with E-state index in [1.54, 1.807) is 18.2 Å². The zero-order chi connectivity index (χ0) is 13.7. The van der Waals surface area contributed by atoms with E-state index in [0.29, 0.717) is 12.2 Å². The van der Waals surface area contributed by atoms with Gasteiger partial charge < -0.3 is 5.32 Å². The van der Waals surface area contributed by atoms with Crippen LogP contribution in [0, 0.1) is 0 Å². The smallest absolute Gasteiger partial charge is 0.242 e. The van der Waals surface area contributed by atoms with E-state index in [2.05, 4.69) is 10.0 Å². The number of hydrogen-bond acceptors (Lipinski definition) is 3. The largest absolute Gasteiger partial charge is 0.380 e. The van der Waals surface area contributed by atoms with Crippen LogP contribution in [-0.2, 0) is 16.6 Å². The molecule has 0 spiro atoms. The average Bonchev–Trinajstić information content (AvgIpc) is 2.46. The summed E-state index contributed by atoms with van der Waals surface area (Å²) in [6, 6.07) is 16.7. The normalized spacial score (nSPS) is 11.2. The van der Waals surface area contributed by atoms with Crippen LogP contribution in [0.1, 0.15) is 5.56 Å². The van der Waals surface area contributed by atoms with Crippen LogP contribution < -0.4 is 10.0 Å². The highest BCUT2D eigenvalue weighted by molar-refractivity contribution is 7.89. The van der Waals surface area contributed by atoms with Crippen molar-refractivity contribution in [1.82, 2.24) is 4.72 Å². The molecule has 19 heavy (non-hydrogen) atoms. The number of benzene rings is 2. The lowest BCUT2D eigenvalue weighted by Crippen LogP contribution is -2.20. The first-order chi connectivity index (χ1) is 9.13. The molecule has 2 aromatic rings. The SMILES string of the molecule is CNS(=O)(=O)c1ccccc1NCc1ccccc1. The first-order valence-corrected chi connectivity index (χ1v) is 7.42. The Labute approximate surface area is 113 Å². The highest BCUT2D eigenvalue weighted by Crippen LogP contribution is 2.20. The number of nitrogens with one attached hydrogen (secondary N) is 2. The maximum absolute atomic E-state index is 11.9. The molecule has 2 aromatic carbocycles. The number of para-hydroxylation sites is 1. The van der Waals surface area contributed by atoms with E-state index in [1.165, 1.54) is 7.05 Å². The van der Waals surface area contributed by atoms with Crippen molar-refractivity contribution in [2.45, 2.75) is 11.4 Å². The molecular formula is C14H16N2O2S. The number of sulfonamides is 1. The summed E-state index contributed by atoms with van der Waals surface area (Å²) in [6.07, 6.45) is 0. The average molecular weight is 276 g/mol. The molecule has 0 aliphatic heterocycles. The molecule has 0 atom stereocenters. The molecular weight excluding hydrogens is 260 g/mol. The molecule has 0 bridgehead atoms. The van der Waals surface area contributed by atoms with Crippen molar-refractivity contribution in [2.75, 3.05) is 12.4 Å². The summed E-state index contributed by atoms with van der Waals surface area (Å²) in [5, 5.41) is 3.15. The Morgan fingerprint density at radius 1 is 0.947 bits per heavy atom. The fourth-order valence-corrected chi connectivity index (χ4v) is 2.66. The van der Waals surface area contributed by atoms with Crippen molar-refractivity contribution < 1.29 is 8.42 Å². The maximum atomic E-state index is 11.9. The Kier molecular flexibility index (Phi) is 4.19. The molecule has 2 rings (SSSR count). The van der Waals surface area contributed by atoms with E-state index in [4.69, 9.17) is 0 Å². The predicted octanol–water partition coefficient (Wildman–Crippen LogP) is 2.21. The van der Waals surface area contributed by atoms with Gasteiger partial charge in [-0.1, -0.05) is 42.5 Å². The fourth-order valence-electron chi connectivity index (χ4n) is 1.75. The van der Waals surface area contributed by atoms with Crippen LogP contribution in [0.15, 0.2) is 59.5 Å². The topological polar surface area (TPSA) is 58.2 Å². The van der Waals surface area contributed by atoms with Gasteiger partial charge >= 0.3 is 0 Å². The van der Waals surface area contributed by atoms with Gasteiger partial charge in [0.2, 0.25) is 10.0 Å². The van der Waals surface area contributed by atoms with Crippen molar-refractivity contribution in [2.24, 2.45) is 0 Å². The van der Waals surface area contributed by atoms with Crippen LogP contribution in [0.25, 0.3) is 0 Å². The molecule has 0 aliphatic carbocycles. The predicted molar refractivity (Wildman–Crippen MR) is 76.5 cm³/mol. The standard InChI is InChI=1S/C14H16N2O2S/c1-15-19(17,18)14-10-6-5-9-13(14)16-11-12-7-3-2-4-8-12/h2-10,15-16H,11H2,1H3. The van der Waals surface area contributed by atoms with Gasteiger partial charge in [0, 0.05) is 6.54 Å². The van der Waals surface area contributed by atoms with Crippen LogP contribution >= 0.6 is 0 Å². The van der Waals surface area contributed by atoms with Gasteiger partial charge in [0.15, 0.2) is 0 Å². The number of hydrogen-bond donors (Lipinski definition) is 2. The van der Waals surface area contributed by atoms with Crippen molar-refractivity contribution in [3.63, 3.8) is 0 Å². The second-order valence-electron chi connectivity index (χ2n) is 4.04. The minimum Gasteiger partial charge on any atom is -0.380 e. The molecule has 0 amide bonds. The van der Waals surface area contributed by atoms with E-state index in [9.17, 15) is 8.42 Å². The van der Waals surface area contributed by atoms with Gasteiger partial charge in [-0.2, -0.15) is 0 Å². The van der Waals surface area contributed by atoms with Gasteiger partial charge in [0.25, 0.3) is 0 Å². The fraction of sp³-hybridized carbons (Fsp3) is 0.143. The lowest BCUT2D eigenvalue weighted by molar-refractivity contribution is 0.588. The summed E-state index contributed by atoms with van der Waals surface area (Å²) in [5.41, 5.74) is 1.69. The van der Waals surface area contributed by atoms with Gasteiger partial charge in [0.05, 0.1) is 5.69 Å².